The zero-order valence-electron chi connectivity index (χ0n) is 18.6. The van der Waals surface area contributed by atoms with E-state index in [2.05, 4.69) is 94.3 Å². The first kappa shape index (κ1) is 21.4. The molecule has 2 atom stereocenters. The molecule has 3 nitrogen and oxygen atoms in total. The second-order valence-corrected chi connectivity index (χ2v) is 12.7. The Bertz CT molecular complexity index is 1260. The zero-order valence-corrected chi connectivity index (χ0v) is 20.3. The summed E-state index contributed by atoms with van der Waals surface area (Å²) in [7, 11) is 0. The van der Waals surface area contributed by atoms with Crippen molar-refractivity contribution in [3.8, 4) is 0 Å². The Labute approximate surface area is 200 Å². The summed E-state index contributed by atoms with van der Waals surface area (Å²) in [5.74, 6) is 0. The van der Waals surface area contributed by atoms with E-state index in [4.69, 9.17) is 11.2 Å². The first-order valence-electron chi connectivity index (χ1n) is 11.9. The Morgan fingerprint density at radius 2 is 1.09 bits per heavy atom. The van der Waals surface area contributed by atoms with E-state index in [9.17, 15) is 4.57 Å². The Kier molecular flexibility index (Phi) is 5.55. The van der Waals surface area contributed by atoms with E-state index in [0.29, 0.717) is 13.1 Å². The van der Waals surface area contributed by atoms with E-state index in [1.807, 2.05) is 0 Å². The molecule has 168 valence electrons. The van der Waals surface area contributed by atoms with Crippen molar-refractivity contribution in [3.05, 3.63) is 96.1 Å². The van der Waals surface area contributed by atoms with Crippen molar-refractivity contribution < 1.29 is 4.57 Å². The first-order valence-corrected chi connectivity index (χ1v) is 14.4. The Morgan fingerprint density at radius 1 is 0.667 bits per heavy atom. The van der Waals surface area contributed by atoms with Gasteiger partial charge in [0.2, 0.25) is 0 Å². The number of halogens is 1. The van der Waals surface area contributed by atoms with E-state index >= 15 is 0 Å². The van der Waals surface area contributed by atoms with Gasteiger partial charge in [0.15, 0.2) is 0 Å². The van der Waals surface area contributed by atoms with Crippen LogP contribution in [0.15, 0.2) is 84.9 Å². The maximum absolute atomic E-state index is 14.3. The van der Waals surface area contributed by atoms with Gasteiger partial charge in [-0.05, 0) is 56.8 Å². The average molecular weight is 475 g/mol. The molecule has 1 saturated carbocycles. The predicted molar refractivity (Wildman–Crippen MR) is 138 cm³/mol. The summed E-state index contributed by atoms with van der Waals surface area (Å²) in [4.78, 5) is 0. The van der Waals surface area contributed by atoms with Gasteiger partial charge in [-0.2, -0.15) is 0 Å². The topological polar surface area (TPSA) is 23.6 Å². The quantitative estimate of drug-likeness (QED) is 0.280. The molecule has 4 aromatic carbocycles. The molecule has 33 heavy (non-hydrogen) atoms. The Hall–Kier alpha value is -2.16. The lowest BCUT2D eigenvalue weighted by molar-refractivity contribution is 0.198. The van der Waals surface area contributed by atoms with Crippen LogP contribution in [0.25, 0.3) is 21.5 Å². The molecule has 6 rings (SSSR count). The molecule has 2 fully saturated rings. The maximum atomic E-state index is 14.3. The molecule has 2 unspecified atom stereocenters. The number of benzene rings is 4. The van der Waals surface area contributed by atoms with Gasteiger partial charge >= 0.3 is 6.80 Å². The van der Waals surface area contributed by atoms with Crippen LogP contribution in [0.3, 0.4) is 0 Å². The minimum atomic E-state index is -3.22. The van der Waals surface area contributed by atoms with Crippen molar-refractivity contribution in [1.82, 2.24) is 9.34 Å². The van der Waals surface area contributed by atoms with E-state index in [-0.39, 0.29) is 12.1 Å². The molecule has 2 aliphatic rings. The highest BCUT2D eigenvalue weighted by Crippen LogP contribution is 2.68. The minimum absolute atomic E-state index is 0.232. The first-order chi connectivity index (χ1) is 16.1. The highest BCUT2D eigenvalue weighted by molar-refractivity contribution is 7.85. The van der Waals surface area contributed by atoms with Crippen LogP contribution in [-0.4, -0.2) is 21.4 Å². The fourth-order valence-electron chi connectivity index (χ4n) is 5.92. The van der Waals surface area contributed by atoms with Gasteiger partial charge in [-0.1, -0.05) is 97.8 Å². The molecule has 1 saturated heterocycles. The standard InChI is InChI=1S/C28H28ClN2OP/c29-33(32)30(19-23-13-7-11-21-9-1-3-15-25(21)23)27-17-5-6-18-28(27)31(33)20-24-14-8-12-22-10-2-4-16-26(22)24/h1-4,7-16,27-28H,5-6,17-20H2. The third kappa shape index (κ3) is 3.72. The fraction of sp³-hybridized carbons (Fsp3) is 0.286. The molecular formula is C28H28ClN2OP. The second-order valence-electron chi connectivity index (χ2n) is 9.36. The van der Waals surface area contributed by atoms with Crippen LogP contribution in [-0.2, 0) is 17.7 Å². The lowest BCUT2D eigenvalue weighted by Crippen LogP contribution is -2.39. The van der Waals surface area contributed by atoms with Gasteiger partial charge in [0.25, 0.3) is 0 Å². The summed E-state index contributed by atoms with van der Waals surface area (Å²) in [6.45, 7) is -1.98. The van der Waals surface area contributed by atoms with Crippen molar-refractivity contribution in [2.45, 2.75) is 50.9 Å². The van der Waals surface area contributed by atoms with Crippen LogP contribution < -0.4 is 0 Å². The SMILES string of the molecule is O=P1(Cl)N(Cc2cccc3ccccc23)C2CCCCC2N1Cc1cccc2ccccc12. The van der Waals surface area contributed by atoms with Crippen LogP contribution in [0.5, 0.6) is 0 Å². The second kappa shape index (κ2) is 8.56. The van der Waals surface area contributed by atoms with E-state index < -0.39 is 6.80 Å². The third-order valence-electron chi connectivity index (χ3n) is 7.52. The number of hydrogen-bond donors (Lipinski definition) is 0. The van der Waals surface area contributed by atoms with Gasteiger partial charge < -0.3 is 0 Å². The van der Waals surface area contributed by atoms with Crippen molar-refractivity contribution in [3.63, 3.8) is 0 Å². The zero-order chi connectivity index (χ0) is 22.4. The molecule has 1 aliphatic heterocycles. The maximum Gasteiger partial charge on any atom is 0.305 e. The molecule has 0 radical (unpaired) electrons. The monoisotopic (exact) mass is 474 g/mol. The van der Waals surface area contributed by atoms with Crippen molar-refractivity contribution in [2.75, 3.05) is 0 Å². The smallest absolute Gasteiger partial charge is 0.271 e. The molecule has 0 N–H and O–H groups in total. The summed E-state index contributed by atoms with van der Waals surface area (Å²) in [6.07, 6.45) is 4.45. The fourth-order valence-corrected chi connectivity index (χ4v) is 9.13. The van der Waals surface area contributed by atoms with Crippen molar-refractivity contribution >= 4 is 39.6 Å². The average Bonchev–Trinajstić information content (AvgIpc) is 3.06. The van der Waals surface area contributed by atoms with Crippen molar-refractivity contribution in [2.24, 2.45) is 0 Å². The Balaban J connectivity index is 1.38. The number of rotatable bonds is 4. The summed E-state index contributed by atoms with van der Waals surface area (Å²) < 4.78 is 18.6. The van der Waals surface area contributed by atoms with Gasteiger partial charge in [0.05, 0.1) is 0 Å². The molecule has 5 heteroatoms. The van der Waals surface area contributed by atoms with Gasteiger partial charge in [-0.3, -0.25) is 4.57 Å². The predicted octanol–water partition coefficient (Wildman–Crippen LogP) is 7.97. The van der Waals surface area contributed by atoms with Gasteiger partial charge in [0.1, 0.15) is 0 Å². The van der Waals surface area contributed by atoms with E-state index in [0.717, 1.165) is 12.8 Å². The van der Waals surface area contributed by atoms with Crippen LogP contribution in [0.1, 0.15) is 36.8 Å². The van der Waals surface area contributed by atoms with Crippen LogP contribution in [0.4, 0.5) is 0 Å². The van der Waals surface area contributed by atoms with E-state index in [1.54, 1.807) is 0 Å². The minimum Gasteiger partial charge on any atom is -0.271 e. The molecular weight excluding hydrogens is 447 g/mol. The summed E-state index contributed by atoms with van der Waals surface area (Å²) in [6, 6.07) is 30.1. The highest BCUT2D eigenvalue weighted by atomic mass is 35.7. The molecule has 0 bridgehead atoms. The third-order valence-corrected chi connectivity index (χ3v) is 10.8. The Morgan fingerprint density at radius 3 is 1.58 bits per heavy atom. The van der Waals surface area contributed by atoms with Crippen molar-refractivity contribution in [1.29, 1.82) is 0 Å². The summed E-state index contributed by atoms with van der Waals surface area (Å²) >= 11 is 7.08. The van der Waals surface area contributed by atoms with Gasteiger partial charge in [-0.25, -0.2) is 9.34 Å². The number of hydrogen-bond acceptors (Lipinski definition) is 1. The lowest BCUT2D eigenvalue weighted by Gasteiger charge is -2.31. The van der Waals surface area contributed by atoms with Crippen LogP contribution in [0.2, 0.25) is 0 Å². The van der Waals surface area contributed by atoms with Crippen LogP contribution >= 0.6 is 18.0 Å². The van der Waals surface area contributed by atoms with Gasteiger partial charge in [0, 0.05) is 25.2 Å². The highest BCUT2D eigenvalue weighted by Gasteiger charge is 2.54. The molecule has 4 aromatic rings. The molecule has 1 aliphatic carbocycles. The summed E-state index contributed by atoms with van der Waals surface area (Å²) in [5, 5.41) is 4.87. The molecule has 0 spiro atoms. The molecule has 1 heterocycles. The lowest BCUT2D eigenvalue weighted by atomic mass is 9.89. The van der Waals surface area contributed by atoms with Crippen LogP contribution in [0, 0.1) is 0 Å². The molecule has 0 aromatic heterocycles. The normalized spacial score (nSPS) is 26.1. The molecule has 0 amide bonds. The van der Waals surface area contributed by atoms with Gasteiger partial charge in [-0.15, -0.1) is 0 Å². The largest absolute Gasteiger partial charge is 0.305 e. The van der Waals surface area contributed by atoms with E-state index in [1.165, 1.54) is 45.5 Å². The summed E-state index contributed by atoms with van der Waals surface area (Å²) in [5.41, 5.74) is 2.40. The number of nitrogens with zero attached hydrogens (tertiary/aromatic N) is 2. The number of fused-ring (bicyclic) bond motifs is 3.